The molecule has 0 aliphatic heterocycles. The van der Waals surface area contributed by atoms with Gasteiger partial charge in [-0.25, -0.2) is 9.37 Å². The summed E-state index contributed by atoms with van der Waals surface area (Å²) in [5, 5.41) is 3.14. The first-order chi connectivity index (χ1) is 10.0. The molecule has 0 aliphatic rings. The molecule has 0 saturated carbocycles. The second-order valence-electron chi connectivity index (χ2n) is 5.34. The lowest BCUT2D eigenvalue weighted by atomic mass is 9.96. The van der Waals surface area contributed by atoms with E-state index < -0.39 is 0 Å². The van der Waals surface area contributed by atoms with Crippen molar-refractivity contribution in [3.63, 3.8) is 0 Å². The third kappa shape index (κ3) is 4.09. The number of nitrogens with two attached hydrogens (primary N) is 1. The highest BCUT2D eigenvalue weighted by Gasteiger charge is 2.23. The maximum Gasteiger partial charge on any atom is 0.123 e. The van der Waals surface area contributed by atoms with Gasteiger partial charge in [0, 0.05) is 24.0 Å². The van der Waals surface area contributed by atoms with Crippen LogP contribution in [0.5, 0.6) is 0 Å². The smallest absolute Gasteiger partial charge is 0.123 e. The first-order valence-corrected chi connectivity index (χ1v) is 8.01. The summed E-state index contributed by atoms with van der Waals surface area (Å²) in [5.74, 6) is -0.222. The van der Waals surface area contributed by atoms with Gasteiger partial charge in [-0.15, -0.1) is 11.3 Å². The van der Waals surface area contributed by atoms with Crippen LogP contribution in [0.15, 0.2) is 29.6 Å². The molecule has 0 radical (unpaired) electrons. The van der Waals surface area contributed by atoms with E-state index in [0.29, 0.717) is 0 Å². The second-order valence-corrected chi connectivity index (χ2v) is 6.40. The van der Waals surface area contributed by atoms with Crippen molar-refractivity contribution in [2.75, 3.05) is 7.05 Å². The number of benzene rings is 1. The molecule has 2 rings (SSSR count). The Balaban J connectivity index is 2.20. The molecule has 114 valence electrons. The van der Waals surface area contributed by atoms with Crippen LogP contribution in [0.2, 0.25) is 0 Å². The van der Waals surface area contributed by atoms with Crippen molar-refractivity contribution in [1.82, 2.24) is 9.88 Å². The van der Waals surface area contributed by atoms with Gasteiger partial charge in [0.25, 0.3) is 0 Å². The van der Waals surface area contributed by atoms with E-state index in [1.807, 2.05) is 26.1 Å². The molecule has 2 N–H and O–H groups in total. The van der Waals surface area contributed by atoms with Crippen LogP contribution in [-0.2, 0) is 6.54 Å². The molecule has 0 spiro atoms. The number of nitrogens with zero attached hydrogens (tertiary/aromatic N) is 2. The van der Waals surface area contributed by atoms with E-state index in [4.69, 9.17) is 5.73 Å². The van der Waals surface area contributed by atoms with Gasteiger partial charge in [0.2, 0.25) is 0 Å². The Morgan fingerprint density at radius 3 is 2.52 bits per heavy atom. The first-order valence-electron chi connectivity index (χ1n) is 7.13. The van der Waals surface area contributed by atoms with Crippen molar-refractivity contribution in [1.29, 1.82) is 0 Å². The number of hydrogen-bond acceptors (Lipinski definition) is 4. The molecule has 5 heteroatoms. The summed E-state index contributed by atoms with van der Waals surface area (Å²) in [5.41, 5.74) is 8.39. The molecule has 0 saturated heterocycles. The summed E-state index contributed by atoms with van der Waals surface area (Å²) in [7, 11) is 2.04. The molecule has 0 bridgehead atoms. The lowest BCUT2D eigenvalue weighted by Gasteiger charge is -2.32. The summed E-state index contributed by atoms with van der Waals surface area (Å²) < 4.78 is 13.1. The molecule has 1 heterocycles. The number of rotatable bonds is 6. The van der Waals surface area contributed by atoms with Gasteiger partial charge in [-0.1, -0.05) is 19.1 Å². The summed E-state index contributed by atoms with van der Waals surface area (Å²) in [4.78, 5) is 6.69. The zero-order chi connectivity index (χ0) is 15.4. The van der Waals surface area contributed by atoms with Gasteiger partial charge in [0.15, 0.2) is 0 Å². The molecule has 2 unspecified atom stereocenters. The minimum Gasteiger partial charge on any atom is -0.326 e. The molecule has 2 aromatic rings. The van der Waals surface area contributed by atoms with Gasteiger partial charge in [-0.05, 0) is 38.1 Å². The van der Waals surface area contributed by atoms with Crippen molar-refractivity contribution >= 4 is 11.3 Å². The predicted octanol–water partition coefficient (Wildman–Crippen LogP) is 3.50. The SMILES string of the molecule is CCC(N)C(c1ccc(F)cc1)N(C)Cc1csc(C)n1. The third-order valence-corrected chi connectivity index (χ3v) is 4.46. The normalized spacial score (nSPS) is 14.4. The molecular weight excluding hydrogens is 285 g/mol. The minimum absolute atomic E-state index is 0.000180. The average molecular weight is 307 g/mol. The molecule has 0 aliphatic carbocycles. The lowest BCUT2D eigenvalue weighted by Crippen LogP contribution is -2.38. The third-order valence-electron chi connectivity index (χ3n) is 3.64. The van der Waals surface area contributed by atoms with Gasteiger partial charge >= 0.3 is 0 Å². The van der Waals surface area contributed by atoms with Crippen LogP contribution in [0.25, 0.3) is 0 Å². The van der Waals surface area contributed by atoms with E-state index in [0.717, 1.165) is 29.2 Å². The van der Waals surface area contributed by atoms with E-state index in [9.17, 15) is 4.39 Å². The number of halogens is 1. The first kappa shape index (κ1) is 16.1. The van der Waals surface area contributed by atoms with Gasteiger partial charge in [0.05, 0.1) is 10.7 Å². The number of thiazole rings is 1. The highest BCUT2D eigenvalue weighted by molar-refractivity contribution is 7.09. The molecule has 2 atom stereocenters. The fourth-order valence-corrected chi connectivity index (χ4v) is 3.15. The topological polar surface area (TPSA) is 42.1 Å². The van der Waals surface area contributed by atoms with Crippen molar-refractivity contribution < 1.29 is 4.39 Å². The van der Waals surface area contributed by atoms with Gasteiger partial charge in [-0.3, -0.25) is 4.90 Å². The summed E-state index contributed by atoms with van der Waals surface area (Å²) in [6.45, 7) is 4.81. The Hall–Kier alpha value is -1.30. The van der Waals surface area contributed by atoms with E-state index in [1.165, 1.54) is 12.1 Å². The Morgan fingerprint density at radius 1 is 1.33 bits per heavy atom. The van der Waals surface area contributed by atoms with Crippen LogP contribution >= 0.6 is 11.3 Å². The van der Waals surface area contributed by atoms with Crippen LogP contribution in [0.1, 0.15) is 35.7 Å². The van der Waals surface area contributed by atoms with Gasteiger partial charge in [-0.2, -0.15) is 0 Å². The number of hydrogen-bond donors (Lipinski definition) is 1. The molecule has 3 nitrogen and oxygen atoms in total. The number of likely N-dealkylation sites (N-methyl/N-ethyl adjacent to an activating group) is 1. The lowest BCUT2D eigenvalue weighted by molar-refractivity contribution is 0.200. The molecule has 0 amide bonds. The standard InChI is InChI=1S/C16H22FN3S/c1-4-15(18)16(12-5-7-13(17)8-6-12)20(3)9-14-10-21-11(2)19-14/h5-8,10,15-16H,4,9,18H2,1-3H3. The van der Waals surface area contributed by atoms with Crippen LogP contribution in [0, 0.1) is 12.7 Å². The van der Waals surface area contributed by atoms with Gasteiger partial charge in [0.1, 0.15) is 5.82 Å². The Bertz CT molecular complexity index is 567. The molecular formula is C16H22FN3S. The molecule has 0 fully saturated rings. The van der Waals surface area contributed by atoms with Crippen LogP contribution in [-0.4, -0.2) is 23.0 Å². The zero-order valence-corrected chi connectivity index (χ0v) is 13.5. The number of aromatic nitrogens is 1. The van der Waals surface area contributed by atoms with Crippen molar-refractivity contribution in [2.24, 2.45) is 5.73 Å². The van der Waals surface area contributed by atoms with Gasteiger partial charge < -0.3 is 5.73 Å². The summed E-state index contributed by atoms with van der Waals surface area (Å²) in [6, 6.07) is 6.67. The highest BCUT2D eigenvalue weighted by atomic mass is 32.1. The minimum atomic E-state index is -0.222. The predicted molar refractivity (Wildman–Crippen MR) is 85.7 cm³/mol. The Kier molecular flexibility index (Phi) is 5.45. The fraction of sp³-hybridized carbons (Fsp3) is 0.438. The van der Waals surface area contributed by atoms with E-state index in [-0.39, 0.29) is 17.9 Å². The van der Waals surface area contributed by atoms with E-state index in [2.05, 4.69) is 22.2 Å². The maximum atomic E-state index is 13.1. The van der Waals surface area contributed by atoms with Crippen molar-refractivity contribution in [3.05, 3.63) is 51.7 Å². The monoisotopic (exact) mass is 307 g/mol. The Morgan fingerprint density at radius 2 is 2.00 bits per heavy atom. The number of aryl methyl sites for hydroxylation is 1. The molecule has 1 aromatic heterocycles. The quantitative estimate of drug-likeness (QED) is 0.888. The fourth-order valence-electron chi connectivity index (χ4n) is 2.55. The average Bonchev–Trinajstić information content (AvgIpc) is 2.86. The second kappa shape index (κ2) is 7.11. The highest BCUT2D eigenvalue weighted by Crippen LogP contribution is 2.26. The van der Waals surface area contributed by atoms with Crippen LogP contribution in [0.4, 0.5) is 4.39 Å². The molecule has 21 heavy (non-hydrogen) atoms. The van der Waals surface area contributed by atoms with Crippen molar-refractivity contribution in [2.45, 2.75) is 38.9 Å². The van der Waals surface area contributed by atoms with E-state index >= 15 is 0 Å². The zero-order valence-electron chi connectivity index (χ0n) is 12.7. The summed E-state index contributed by atoms with van der Waals surface area (Å²) >= 11 is 1.65. The van der Waals surface area contributed by atoms with Crippen LogP contribution in [0.3, 0.4) is 0 Å². The van der Waals surface area contributed by atoms with E-state index in [1.54, 1.807) is 11.3 Å². The van der Waals surface area contributed by atoms with Crippen LogP contribution < -0.4 is 5.73 Å². The summed E-state index contributed by atoms with van der Waals surface area (Å²) in [6.07, 6.45) is 0.864. The Labute approximate surface area is 129 Å². The largest absolute Gasteiger partial charge is 0.326 e. The maximum absolute atomic E-state index is 13.1. The van der Waals surface area contributed by atoms with Crippen molar-refractivity contribution in [3.8, 4) is 0 Å². The molecule has 1 aromatic carbocycles.